The standard InChI is InChI=1S/C40H57N3O11/c1-19-11-24-5-7-28-20(2)12-26(47-28)9-10-40-17-33-36(53-40)37-38(52-33)39(54-40)35-29(51-37)8-6-25(49-35)13-22(44)14-27-31(16-30(48-24)21(19)3)50-32(34(27)46-4)15-23(45)18-42-43-41/h19,23-39,45H,2-3,5-18H2,1,4H3/t19-,23+,24+,25-,26+,27+,28+,29+,30-,31+,32-,33?,34-,35+,36+,37?,38-,39+,40+/m1/s1. The van der Waals surface area contributed by atoms with Crippen molar-refractivity contribution < 1.29 is 52.5 Å². The maximum atomic E-state index is 14.1. The normalized spacial score (nSPS) is 50.6. The van der Waals surface area contributed by atoms with Crippen molar-refractivity contribution in [3.8, 4) is 0 Å². The van der Waals surface area contributed by atoms with E-state index >= 15 is 0 Å². The maximum absolute atomic E-state index is 14.1. The molecule has 10 aliphatic rings. The summed E-state index contributed by atoms with van der Waals surface area (Å²) in [7, 11) is 1.62. The fourth-order valence-corrected chi connectivity index (χ4v) is 11.4. The van der Waals surface area contributed by atoms with Crippen molar-refractivity contribution in [1.82, 2.24) is 0 Å². The number of aliphatic hydroxyl groups excluding tert-OH is 1. The van der Waals surface area contributed by atoms with Crippen LogP contribution in [0.3, 0.4) is 0 Å². The third-order valence-corrected chi connectivity index (χ3v) is 14.1. The molecule has 0 saturated carbocycles. The van der Waals surface area contributed by atoms with Crippen molar-refractivity contribution in [2.45, 2.75) is 194 Å². The molecular formula is C40H57N3O11. The van der Waals surface area contributed by atoms with Crippen LogP contribution in [0, 0.1) is 11.8 Å². The minimum absolute atomic E-state index is 0.0142. The van der Waals surface area contributed by atoms with E-state index in [9.17, 15) is 9.90 Å². The van der Waals surface area contributed by atoms with Crippen LogP contribution < -0.4 is 0 Å². The van der Waals surface area contributed by atoms with Crippen LogP contribution >= 0.6 is 0 Å². The van der Waals surface area contributed by atoms with Crippen molar-refractivity contribution in [1.29, 1.82) is 0 Å². The van der Waals surface area contributed by atoms with Crippen LogP contribution in [0.25, 0.3) is 10.4 Å². The second-order valence-electron chi connectivity index (χ2n) is 17.6. The average Bonchev–Trinajstić information content (AvgIpc) is 3.82. The average molecular weight is 756 g/mol. The van der Waals surface area contributed by atoms with E-state index in [2.05, 4.69) is 30.1 Å². The maximum Gasteiger partial charge on any atom is 0.172 e. The molecule has 298 valence electrons. The van der Waals surface area contributed by atoms with Gasteiger partial charge in [-0.25, -0.2) is 0 Å². The summed E-state index contributed by atoms with van der Waals surface area (Å²) in [5, 5.41) is 14.3. The van der Waals surface area contributed by atoms with Gasteiger partial charge in [0.15, 0.2) is 5.79 Å². The Morgan fingerprint density at radius 1 is 0.852 bits per heavy atom. The molecule has 0 amide bonds. The highest BCUT2D eigenvalue weighted by atomic mass is 16.8. The molecule has 0 aromatic carbocycles. The first kappa shape index (κ1) is 37.6. The molecule has 1 N–H and O–H groups in total. The Hall–Kier alpha value is -1.94. The van der Waals surface area contributed by atoms with Gasteiger partial charge in [0.2, 0.25) is 0 Å². The first-order valence-corrected chi connectivity index (χ1v) is 20.5. The van der Waals surface area contributed by atoms with Gasteiger partial charge in [-0.2, -0.15) is 0 Å². The summed E-state index contributed by atoms with van der Waals surface area (Å²) >= 11 is 0. The van der Waals surface area contributed by atoms with Crippen LogP contribution in [-0.4, -0.2) is 128 Å². The van der Waals surface area contributed by atoms with E-state index in [-0.39, 0.29) is 123 Å². The van der Waals surface area contributed by atoms with Crippen LogP contribution in [0.2, 0.25) is 0 Å². The number of fused-ring (bicyclic) bond motifs is 6. The van der Waals surface area contributed by atoms with Crippen molar-refractivity contribution in [3.63, 3.8) is 0 Å². The Labute approximate surface area is 317 Å². The van der Waals surface area contributed by atoms with Gasteiger partial charge in [-0.3, -0.25) is 4.79 Å². The number of carbonyl (C=O) groups is 1. The summed E-state index contributed by atoms with van der Waals surface area (Å²) < 4.78 is 60.0. The van der Waals surface area contributed by atoms with Crippen molar-refractivity contribution in [3.05, 3.63) is 34.7 Å². The molecule has 10 rings (SSSR count). The lowest BCUT2D eigenvalue weighted by Crippen LogP contribution is -2.61. The first-order valence-electron chi connectivity index (χ1n) is 20.5. The van der Waals surface area contributed by atoms with Gasteiger partial charge in [-0.05, 0) is 67.5 Å². The number of aliphatic hydroxyl groups is 1. The Balaban J connectivity index is 0.988. The lowest BCUT2D eigenvalue weighted by Gasteiger charge is -2.47. The SMILES string of the molecule is C=C1C[C@@H]2CC[C@@]34CC5O[C@@H]6C(O[C@H]7CC[C@H](CC(=O)C[C@@H]8[C@@H](OC)[C@@H](C[C@H](O)CN=[N+]=[N-])O[C@H]8C[C@H]8O[C@@H](CC[C@@H]1O2)C[C@@H](C)C8=C)O[C@@H]7[C@@H]6O3)[C@H]5O4. The van der Waals surface area contributed by atoms with Gasteiger partial charge >= 0.3 is 0 Å². The molecule has 1 spiro atoms. The van der Waals surface area contributed by atoms with Gasteiger partial charge in [-0.15, -0.1) is 0 Å². The predicted molar refractivity (Wildman–Crippen MR) is 191 cm³/mol. The van der Waals surface area contributed by atoms with Crippen molar-refractivity contribution in [2.24, 2.45) is 17.0 Å². The summed E-state index contributed by atoms with van der Waals surface area (Å²) in [4.78, 5) is 16.9. The van der Waals surface area contributed by atoms with Gasteiger partial charge in [0.25, 0.3) is 0 Å². The fraction of sp³-hybridized carbons (Fsp3) is 0.875. The van der Waals surface area contributed by atoms with E-state index in [1.165, 1.54) is 0 Å². The molecular weight excluding hydrogens is 698 g/mol. The molecule has 14 nitrogen and oxygen atoms in total. The van der Waals surface area contributed by atoms with Gasteiger partial charge in [0.1, 0.15) is 36.3 Å². The quantitative estimate of drug-likeness (QED) is 0.177. The van der Waals surface area contributed by atoms with E-state index in [1.54, 1.807) is 7.11 Å². The van der Waals surface area contributed by atoms with Crippen molar-refractivity contribution in [2.75, 3.05) is 13.7 Å². The van der Waals surface area contributed by atoms with E-state index in [1.807, 2.05) is 0 Å². The zero-order valence-electron chi connectivity index (χ0n) is 31.6. The number of rotatable bonds is 5. The number of ether oxygens (including phenoxy) is 9. The highest BCUT2D eigenvalue weighted by molar-refractivity contribution is 5.79. The molecule has 0 aliphatic carbocycles. The summed E-state index contributed by atoms with van der Waals surface area (Å²) in [6.45, 7) is 11.0. The first-order chi connectivity index (χ1) is 26.1. The van der Waals surface area contributed by atoms with Crippen LogP contribution in [0.5, 0.6) is 0 Å². The molecule has 19 atom stereocenters. The number of carbonyl (C=O) groups excluding carboxylic acids is 1. The van der Waals surface area contributed by atoms with Gasteiger partial charge in [-0.1, -0.05) is 25.2 Å². The highest BCUT2D eigenvalue weighted by Gasteiger charge is 2.68. The Bertz CT molecular complexity index is 1510. The minimum atomic E-state index is -0.908. The monoisotopic (exact) mass is 755 g/mol. The smallest absolute Gasteiger partial charge is 0.172 e. The predicted octanol–water partition coefficient (Wildman–Crippen LogP) is 4.79. The van der Waals surface area contributed by atoms with Crippen molar-refractivity contribution >= 4 is 5.78 Å². The largest absolute Gasteiger partial charge is 0.393 e. The number of ketones is 1. The molecule has 10 heterocycles. The Morgan fingerprint density at radius 2 is 1.61 bits per heavy atom. The molecule has 0 aromatic rings. The van der Waals surface area contributed by atoms with E-state index in [0.29, 0.717) is 25.7 Å². The molecule has 10 fully saturated rings. The lowest BCUT2D eigenvalue weighted by molar-refractivity contribution is -0.292. The van der Waals surface area contributed by atoms with E-state index in [0.717, 1.165) is 49.7 Å². The summed E-state index contributed by atoms with van der Waals surface area (Å²) in [6.07, 6.45) is 3.73. The minimum Gasteiger partial charge on any atom is -0.393 e. The van der Waals surface area contributed by atoms with Gasteiger partial charge < -0.3 is 47.7 Å². The third kappa shape index (κ3) is 7.01. The molecule has 10 aliphatic heterocycles. The number of nitrogens with zero attached hydrogens (tertiary/aromatic N) is 3. The molecule has 10 saturated heterocycles. The molecule has 14 heteroatoms. The second-order valence-corrected chi connectivity index (χ2v) is 17.6. The van der Waals surface area contributed by atoms with Crippen LogP contribution in [0.1, 0.15) is 90.4 Å². The highest BCUT2D eigenvalue weighted by Crippen LogP contribution is 2.54. The number of methoxy groups -OCH3 is 1. The number of Topliss-reactive ketones (excluding diaryl/α,β-unsaturated/α-hetero) is 1. The number of hydrogen-bond acceptors (Lipinski definition) is 12. The van der Waals surface area contributed by atoms with E-state index in [4.69, 9.17) is 48.2 Å². The lowest BCUT2D eigenvalue weighted by atomic mass is 9.81. The number of azide groups is 1. The molecule has 0 radical (unpaired) electrons. The summed E-state index contributed by atoms with van der Waals surface area (Å²) in [5.41, 5.74) is 11.0. The van der Waals surface area contributed by atoms with E-state index < -0.39 is 24.1 Å². The van der Waals surface area contributed by atoms with Crippen LogP contribution in [0.15, 0.2) is 29.4 Å². The zero-order chi connectivity index (χ0) is 37.3. The van der Waals surface area contributed by atoms with Gasteiger partial charge in [0.05, 0.1) is 73.7 Å². The molecule has 12 bridgehead atoms. The van der Waals surface area contributed by atoms with Gasteiger partial charge in [0, 0.05) is 56.5 Å². The Kier molecular flexibility index (Phi) is 10.5. The summed E-state index contributed by atoms with van der Waals surface area (Å²) in [6, 6.07) is 0. The zero-order valence-corrected chi connectivity index (χ0v) is 31.6. The molecule has 0 aromatic heterocycles. The second kappa shape index (κ2) is 15.1. The summed E-state index contributed by atoms with van der Waals surface area (Å²) in [5.74, 6) is -0.767. The molecule has 2 unspecified atom stereocenters. The number of hydrogen-bond donors (Lipinski definition) is 1. The Morgan fingerprint density at radius 3 is 2.44 bits per heavy atom. The fourth-order valence-electron chi connectivity index (χ4n) is 11.4. The topological polar surface area (TPSA) is 169 Å². The third-order valence-electron chi connectivity index (χ3n) is 14.1. The van der Waals surface area contributed by atoms with Crippen LogP contribution in [0.4, 0.5) is 0 Å². The van der Waals surface area contributed by atoms with Crippen LogP contribution in [-0.2, 0) is 47.4 Å². The molecule has 54 heavy (non-hydrogen) atoms.